The lowest BCUT2D eigenvalue weighted by Crippen LogP contribution is -2.61. The van der Waals surface area contributed by atoms with E-state index in [9.17, 15) is 0 Å². The number of nitrogens with zero attached hydrogens (tertiary/aromatic N) is 2. The highest BCUT2D eigenvalue weighted by atomic mass is 32.1. The largest absolute Gasteiger partial charge is 0.311 e. The summed E-state index contributed by atoms with van der Waals surface area (Å²) in [6.07, 6.45) is 7.15. The van der Waals surface area contributed by atoms with Gasteiger partial charge in [0, 0.05) is 33.1 Å². The minimum atomic E-state index is -1.80. The maximum absolute atomic E-state index is 2.78. The minimum Gasteiger partial charge on any atom is -0.311 e. The van der Waals surface area contributed by atoms with E-state index in [0.29, 0.717) is 0 Å². The van der Waals surface area contributed by atoms with Crippen LogP contribution >= 0.6 is 11.3 Å². The lowest BCUT2D eigenvalue weighted by atomic mass is 9.33. The van der Waals surface area contributed by atoms with Gasteiger partial charge in [0.15, 0.2) is 0 Å². The van der Waals surface area contributed by atoms with Crippen LogP contribution in [0.1, 0.15) is 181 Å². The molecule has 0 saturated carbocycles. The number of thiophene rings is 1. The smallest absolute Gasteiger partial charge is 0.254 e. The van der Waals surface area contributed by atoms with Crippen molar-refractivity contribution in [1.29, 1.82) is 0 Å². The third-order valence-electron chi connectivity index (χ3n) is 19.8. The van der Waals surface area contributed by atoms with Crippen molar-refractivity contribution < 1.29 is 0 Å². The summed E-state index contributed by atoms with van der Waals surface area (Å²) < 4.78 is 1.41. The van der Waals surface area contributed by atoms with Gasteiger partial charge in [0.25, 0.3) is 6.71 Å². The molecule has 2 nitrogen and oxygen atoms in total. The fraction of sp³-hybridized carbons (Fsp3) is 0.449. The van der Waals surface area contributed by atoms with Gasteiger partial charge in [-0.05, 0) is 203 Å². The number of fused-ring (bicyclic) bond motifs is 9. The molecule has 382 valence electrons. The summed E-state index contributed by atoms with van der Waals surface area (Å²) in [7, 11) is -1.80. The maximum Gasteiger partial charge on any atom is 0.254 e. The lowest BCUT2D eigenvalue weighted by Gasteiger charge is -2.46. The molecule has 1 aromatic heterocycles. The zero-order valence-electron chi connectivity index (χ0n) is 48.4. The summed E-state index contributed by atoms with van der Waals surface area (Å²) in [6, 6.07) is 42.9. The fourth-order valence-electron chi connectivity index (χ4n) is 14.6. The molecule has 0 saturated heterocycles. The summed E-state index contributed by atoms with van der Waals surface area (Å²) in [5.74, 6) is 0. The first-order chi connectivity index (χ1) is 34.4. The van der Waals surface area contributed by atoms with Gasteiger partial charge in [0.05, 0.1) is 13.1 Å². The van der Waals surface area contributed by atoms with Gasteiger partial charge in [-0.2, -0.15) is 0 Å². The fourth-order valence-corrected chi connectivity index (χ4v) is 17.5. The molecule has 5 aliphatic rings. The molecule has 2 aliphatic heterocycles. The van der Waals surface area contributed by atoms with Gasteiger partial charge in [-0.1, -0.05) is 177 Å². The van der Waals surface area contributed by atoms with E-state index in [2.05, 4.69) is 248 Å². The molecule has 3 aliphatic carbocycles. The Hall–Kier alpha value is -4.84. The van der Waals surface area contributed by atoms with Crippen molar-refractivity contribution in [3.8, 4) is 11.1 Å². The SMILES string of the molecule is CC(C)(C)c1ccc2c(c1)B1c3c(cc(-c4ccccc4[Si](C)(C)C)cc3N(c3ccc4c(c3)C(C)(C)CCC4(C)C)c3sc4cc5c(cc4c31)C(C)(C)CCC5(C)C)N2c1ccc2c(c1)C(C)(C)CCC2(C)C. The topological polar surface area (TPSA) is 6.48 Å². The molecule has 74 heavy (non-hydrogen) atoms. The molecule has 0 atom stereocenters. The van der Waals surface area contributed by atoms with Crippen LogP contribution in [-0.4, -0.2) is 14.8 Å². The molecule has 3 heterocycles. The van der Waals surface area contributed by atoms with Crippen LogP contribution in [0.4, 0.5) is 33.4 Å². The molecule has 6 aromatic carbocycles. The summed E-state index contributed by atoms with van der Waals surface area (Å²) in [4.78, 5) is 5.50. The Morgan fingerprint density at radius 3 is 1.47 bits per heavy atom. The van der Waals surface area contributed by atoms with Crippen molar-refractivity contribution >= 4 is 91.2 Å². The molecule has 0 spiro atoms. The van der Waals surface area contributed by atoms with E-state index < -0.39 is 8.07 Å². The van der Waals surface area contributed by atoms with E-state index in [1.54, 1.807) is 0 Å². The Kier molecular flexibility index (Phi) is 10.7. The van der Waals surface area contributed by atoms with Gasteiger partial charge >= 0.3 is 0 Å². The van der Waals surface area contributed by atoms with Crippen LogP contribution in [0.3, 0.4) is 0 Å². The molecule has 0 N–H and O–H groups in total. The predicted molar refractivity (Wildman–Crippen MR) is 329 cm³/mol. The first kappa shape index (κ1) is 50.0. The van der Waals surface area contributed by atoms with Gasteiger partial charge in [-0.15, -0.1) is 11.3 Å². The molecule has 12 rings (SSSR count). The summed E-state index contributed by atoms with van der Waals surface area (Å²) in [6.45, 7) is 44.6. The monoisotopic (exact) mass is 1010 g/mol. The van der Waals surface area contributed by atoms with Crippen molar-refractivity contribution in [2.45, 2.75) is 200 Å². The second-order valence-corrected chi connectivity index (χ2v) is 35.9. The predicted octanol–water partition coefficient (Wildman–Crippen LogP) is 17.5. The summed E-state index contributed by atoms with van der Waals surface area (Å²) in [5, 5.41) is 4.33. The second-order valence-electron chi connectivity index (χ2n) is 29.8. The highest BCUT2D eigenvalue weighted by Gasteiger charge is 2.49. The first-order valence-electron chi connectivity index (χ1n) is 28.3. The number of hydrogen-bond acceptors (Lipinski definition) is 3. The molecular formula is C69H83BN2SSi. The zero-order valence-corrected chi connectivity index (χ0v) is 50.3. The van der Waals surface area contributed by atoms with Crippen molar-refractivity contribution in [2.24, 2.45) is 0 Å². The highest BCUT2D eigenvalue weighted by Crippen LogP contribution is 2.55. The van der Waals surface area contributed by atoms with Crippen LogP contribution in [0, 0.1) is 0 Å². The standard InChI is InChI=1S/C69H83BN2SSi/c1-63(2,3)43-23-28-55-54(37-43)70-60-47-40-52-53(69(14,15)34-33-68(52,12)13)41-58(47)73-62(60)72(45-25-27-49-51(39-45)67(10,11)32-30-65(49,6)7)57-36-42(46-21-19-20-22-59(46)74(16,17)18)35-56(61(57)70)71(55)44-24-26-48-50(38-44)66(8,9)31-29-64(48,4)5/h19-28,35-41H,29-34H2,1-18H3. The van der Waals surface area contributed by atoms with Crippen LogP contribution < -0.4 is 31.4 Å². The lowest BCUT2D eigenvalue weighted by molar-refractivity contribution is 0.332. The molecule has 7 aromatic rings. The number of hydrogen-bond donors (Lipinski definition) is 0. The zero-order chi connectivity index (χ0) is 52.8. The Balaban J connectivity index is 1.25. The third kappa shape index (κ3) is 7.49. The normalized spacial score (nSPS) is 20.3. The van der Waals surface area contributed by atoms with E-state index in [4.69, 9.17) is 0 Å². The van der Waals surface area contributed by atoms with E-state index >= 15 is 0 Å². The summed E-state index contributed by atoms with van der Waals surface area (Å²) >= 11 is 2.05. The van der Waals surface area contributed by atoms with Gasteiger partial charge < -0.3 is 9.80 Å². The van der Waals surface area contributed by atoms with Gasteiger partial charge in [-0.25, -0.2) is 0 Å². The Morgan fingerprint density at radius 1 is 0.473 bits per heavy atom. The van der Waals surface area contributed by atoms with Gasteiger partial charge in [-0.3, -0.25) is 0 Å². The number of anilines is 6. The molecule has 0 unspecified atom stereocenters. The first-order valence-corrected chi connectivity index (χ1v) is 32.7. The molecule has 0 fully saturated rings. The molecule has 0 amide bonds. The van der Waals surface area contributed by atoms with Crippen LogP contribution in [0.15, 0.2) is 103 Å². The quantitative estimate of drug-likeness (QED) is 0.162. The van der Waals surface area contributed by atoms with Crippen molar-refractivity contribution in [1.82, 2.24) is 0 Å². The third-order valence-corrected chi connectivity index (χ3v) is 23.0. The minimum absolute atomic E-state index is 0.0219. The second kappa shape index (κ2) is 15.9. The average Bonchev–Trinajstić information content (AvgIpc) is 3.70. The Bertz CT molecular complexity index is 3510. The Labute approximate surface area is 451 Å². The molecule has 0 bridgehead atoms. The van der Waals surface area contributed by atoms with Crippen molar-refractivity contribution in [3.63, 3.8) is 0 Å². The van der Waals surface area contributed by atoms with E-state index in [0.717, 1.165) is 0 Å². The number of rotatable bonds is 4. The molecule has 0 radical (unpaired) electrons. The summed E-state index contributed by atoms with van der Waals surface area (Å²) in [5.41, 5.74) is 24.5. The highest BCUT2D eigenvalue weighted by molar-refractivity contribution is 7.26. The van der Waals surface area contributed by atoms with E-state index in [-0.39, 0.29) is 44.6 Å². The molecular weight excluding hydrogens is 928 g/mol. The van der Waals surface area contributed by atoms with Crippen molar-refractivity contribution in [2.75, 3.05) is 9.80 Å². The van der Waals surface area contributed by atoms with Gasteiger partial charge in [0.2, 0.25) is 0 Å². The Morgan fingerprint density at radius 2 is 0.946 bits per heavy atom. The number of benzene rings is 6. The van der Waals surface area contributed by atoms with E-state index in [1.165, 1.54) is 154 Å². The van der Waals surface area contributed by atoms with Crippen LogP contribution in [0.2, 0.25) is 19.6 Å². The van der Waals surface area contributed by atoms with Crippen LogP contribution in [0.25, 0.3) is 21.2 Å². The van der Waals surface area contributed by atoms with Crippen LogP contribution in [-0.2, 0) is 37.9 Å². The van der Waals surface area contributed by atoms with E-state index in [1.807, 2.05) is 0 Å². The van der Waals surface area contributed by atoms with Crippen LogP contribution in [0.5, 0.6) is 0 Å². The molecule has 5 heteroatoms. The average molecular weight is 1010 g/mol. The van der Waals surface area contributed by atoms with Crippen molar-refractivity contribution in [3.05, 3.63) is 142 Å². The van der Waals surface area contributed by atoms with Gasteiger partial charge in [0.1, 0.15) is 0 Å². The maximum atomic E-state index is 2.78.